The summed E-state index contributed by atoms with van der Waals surface area (Å²) in [4.78, 5) is 0. The van der Waals surface area contributed by atoms with Gasteiger partial charge in [-0.25, -0.2) is 0 Å². The lowest BCUT2D eigenvalue weighted by Crippen LogP contribution is -2.43. The van der Waals surface area contributed by atoms with E-state index in [4.69, 9.17) is 0 Å². The van der Waals surface area contributed by atoms with Crippen molar-refractivity contribution in [1.82, 2.24) is 5.32 Å². The zero-order valence-corrected chi connectivity index (χ0v) is 8.77. The average Bonchev–Trinajstić information content (AvgIpc) is 2.03. The maximum Gasteiger partial charge on any atom is 0.00929 e. The van der Waals surface area contributed by atoms with Crippen molar-refractivity contribution in [2.24, 2.45) is 11.8 Å². The van der Waals surface area contributed by atoms with Crippen LogP contribution >= 0.6 is 0 Å². The third-order valence-corrected chi connectivity index (χ3v) is 3.06. The largest absolute Gasteiger partial charge is 0.313 e. The first-order valence-electron chi connectivity index (χ1n) is 5.47. The maximum absolute atomic E-state index is 3.65. The fourth-order valence-electron chi connectivity index (χ4n) is 2.25. The van der Waals surface area contributed by atoms with E-state index in [1.807, 2.05) is 0 Å². The van der Waals surface area contributed by atoms with Gasteiger partial charge in [0.1, 0.15) is 0 Å². The third-order valence-electron chi connectivity index (χ3n) is 3.06. The van der Waals surface area contributed by atoms with Gasteiger partial charge in [-0.15, -0.1) is 0 Å². The van der Waals surface area contributed by atoms with Gasteiger partial charge < -0.3 is 5.32 Å². The Hall–Kier alpha value is -0.0400. The molecular formula is C11H23N. The highest BCUT2D eigenvalue weighted by Gasteiger charge is 2.23. The first-order chi connectivity index (χ1) is 5.74. The number of hydrogen-bond donors (Lipinski definition) is 1. The van der Waals surface area contributed by atoms with E-state index >= 15 is 0 Å². The summed E-state index contributed by atoms with van der Waals surface area (Å²) in [6.07, 6.45) is 5.52. The fraction of sp³-hybridized carbons (Fsp3) is 1.00. The maximum atomic E-state index is 3.65. The van der Waals surface area contributed by atoms with Gasteiger partial charge in [-0.3, -0.25) is 0 Å². The second-order valence-corrected chi connectivity index (χ2v) is 4.48. The Morgan fingerprint density at radius 1 is 1.33 bits per heavy atom. The summed E-state index contributed by atoms with van der Waals surface area (Å²) >= 11 is 0. The minimum Gasteiger partial charge on any atom is -0.313 e. The number of hydrogen-bond acceptors (Lipinski definition) is 1. The van der Waals surface area contributed by atoms with Crippen LogP contribution in [0.25, 0.3) is 0 Å². The third kappa shape index (κ3) is 2.78. The number of unbranched alkanes of at least 4 members (excludes halogenated alkanes) is 1. The fourth-order valence-corrected chi connectivity index (χ4v) is 2.25. The molecule has 3 atom stereocenters. The molecule has 1 saturated heterocycles. The Bertz CT molecular complexity index is 120. The van der Waals surface area contributed by atoms with Gasteiger partial charge in [0, 0.05) is 6.04 Å². The minimum absolute atomic E-state index is 0.807. The minimum atomic E-state index is 0.807. The summed E-state index contributed by atoms with van der Waals surface area (Å²) in [5.41, 5.74) is 0. The summed E-state index contributed by atoms with van der Waals surface area (Å²) in [6.45, 7) is 8.25. The lowest BCUT2D eigenvalue weighted by Gasteiger charge is -2.33. The molecule has 1 aliphatic rings. The van der Waals surface area contributed by atoms with Crippen molar-refractivity contribution in [3.05, 3.63) is 0 Å². The molecule has 1 heteroatoms. The standard InChI is InChI=1S/C11H23N/c1-4-5-6-11-10(3)7-9(2)8-12-11/h9-12H,4-8H2,1-3H3. The van der Waals surface area contributed by atoms with Gasteiger partial charge >= 0.3 is 0 Å². The average molecular weight is 169 g/mol. The first-order valence-corrected chi connectivity index (χ1v) is 5.47. The Morgan fingerprint density at radius 2 is 2.08 bits per heavy atom. The van der Waals surface area contributed by atoms with Gasteiger partial charge in [-0.2, -0.15) is 0 Å². The smallest absolute Gasteiger partial charge is 0.00929 e. The van der Waals surface area contributed by atoms with Crippen LogP contribution in [0, 0.1) is 11.8 Å². The predicted octanol–water partition coefficient (Wildman–Crippen LogP) is 2.81. The van der Waals surface area contributed by atoms with Crippen LogP contribution in [-0.2, 0) is 0 Å². The van der Waals surface area contributed by atoms with Crippen LogP contribution in [0.3, 0.4) is 0 Å². The molecule has 3 unspecified atom stereocenters. The molecular weight excluding hydrogens is 146 g/mol. The highest BCUT2D eigenvalue weighted by molar-refractivity contribution is 4.81. The topological polar surface area (TPSA) is 12.0 Å². The Kier molecular flexibility index (Phi) is 4.07. The molecule has 1 N–H and O–H groups in total. The normalized spacial score (nSPS) is 36.8. The van der Waals surface area contributed by atoms with Crippen LogP contribution in [0.5, 0.6) is 0 Å². The molecule has 0 saturated carbocycles. The molecule has 0 aliphatic carbocycles. The molecule has 12 heavy (non-hydrogen) atoms. The monoisotopic (exact) mass is 169 g/mol. The molecule has 72 valence electrons. The predicted molar refractivity (Wildman–Crippen MR) is 54.3 cm³/mol. The Labute approximate surface area is 76.9 Å². The molecule has 0 aromatic carbocycles. The van der Waals surface area contributed by atoms with Gasteiger partial charge in [0.05, 0.1) is 0 Å². The molecule has 0 aromatic rings. The van der Waals surface area contributed by atoms with E-state index in [-0.39, 0.29) is 0 Å². The molecule has 1 fully saturated rings. The lowest BCUT2D eigenvalue weighted by atomic mass is 9.84. The van der Waals surface area contributed by atoms with Gasteiger partial charge in [-0.05, 0) is 31.2 Å². The van der Waals surface area contributed by atoms with Gasteiger partial charge in [0.2, 0.25) is 0 Å². The molecule has 0 bridgehead atoms. The van der Waals surface area contributed by atoms with Crippen LogP contribution in [-0.4, -0.2) is 12.6 Å². The summed E-state index contributed by atoms with van der Waals surface area (Å²) < 4.78 is 0. The molecule has 0 spiro atoms. The van der Waals surface area contributed by atoms with E-state index in [9.17, 15) is 0 Å². The Balaban J connectivity index is 2.25. The highest BCUT2D eigenvalue weighted by Crippen LogP contribution is 2.23. The van der Waals surface area contributed by atoms with Gasteiger partial charge in [0.15, 0.2) is 0 Å². The zero-order chi connectivity index (χ0) is 8.97. The molecule has 1 nitrogen and oxygen atoms in total. The molecule has 0 aromatic heterocycles. The summed E-state index contributed by atoms with van der Waals surface area (Å²) in [7, 11) is 0. The van der Waals surface area contributed by atoms with Crippen molar-refractivity contribution in [2.75, 3.05) is 6.54 Å². The second-order valence-electron chi connectivity index (χ2n) is 4.48. The lowest BCUT2D eigenvalue weighted by molar-refractivity contribution is 0.231. The van der Waals surface area contributed by atoms with Crippen LogP contribution in [0.2, 0.25) is 0 Å². The summed E-state index contributed by atoms with van der Waals surface area (Å²) in [6, 6.07) is 0.807. The van der Waals surface area contributed by atoms with Crippen molar-refractivity contribution in [1.29, 1.82) is 0 Å². The Morgan fingerprint density at radius 3 is 2.67 bits per heavy atom. The van der Waals surface area contributed by atoms with Crippen molar-refractivity contribution in [3.63, 3.8) is 0 Å². The van der Waals surface area contributed by atoms with E-state index in [1.165, 1.54) is 32.2 Å². The molecule has 1 heterocycles. The summed E-state index contributed by atoms with van der Waals surface area (Å²) in [5.74, 6) is 1.78. The van der Waals surface area contributed by atoms with E-state index in [0.29, 0.717) is 0 Å². The van der Waals surface area contributed by atoms with Gasteiger partial charge in [0.25, 0.3) is 0 Å². The van der Waals surface area contributed by atoms with E-state index in [2.05, 4.69) is 26.1 Å². The second kappa shape index (κ2) is 4.86. The van der Waals surface area contributed by atoms with Crippen LogP contribution in [0.1, 0.15) is 46.5 Å². The van der Waals surface area contributed by atoms with Crippen LogP contribution in [0.4, 0.5) is 0 Å². The number of rotatable bonds is 3. The van der Waals surface area contributed by atoms with Crippen molar-refractivity contribution < 1.29 is 0 Å². The molecule has 1 aliphatic heterocycles. The first kappa shape index (κ1) is 10.0. The highest BCUT2D eigenvalue weighted by atomic mass is 14.9. The van der Waals surface area contributed by atoms with E-state index < -0.39 is 0 Å². The zero-order valence-electron chi connectivity index (χ0n) is 8.77. The van der Waals surface area contributed by atoms with Crippen molar-refractivity contribution in [3.8, 4) is 0 Å². The SMILES string of the molecule is CCCCC1NCC(C)CC1C. The number of piperidine rings is 1. The van der Waals surface area contributed by atoms with E-state index in [0.717, 1.165) is 17.9 Å². The van der Waals surface area contributed by atoms with Gasteiger partial charge in [-0.1, -0.05) is 33.6 Å². The summed E-state index contributed by atoms with van der Waals surface area (Å²) in [5, 5.41) is 3.65. The molecule has 0 amide bonds. The quantitative estimate of drug-likeness (QED) is 0.685. The van der Waals surface area contributed by atoms with Crippen LogP contribution < -0.4 is 5.32 Å². The number of nitrogens with one attached hydrogen (secondary N) is 1. The van der Waals surface area contributed by atoms with E-state index in [1.54, 1.807) is 0 Å². The molecule has 0 radical (unpaired) electrons. The van der Waals surface area contributed by atoms with Crippen molar-refractivity contribution in [2.45, 2.75) is 52.5 Å². The van der Waals surface area contributed by atoms with Crippen molar-refractivity contribution >= 4 is 0 Å². The van der Waals surface area contributed by atoms with Crippen LogP contribution in [0.15, 0.2) is 0 Å². The molecule has 1 rings (SSSR count).